The van der Waals surface area contributed by atoms with Gasteiger partial charge in [0.2, 0.25) is 0 Å². The Morgan fingerprint density at radius 1 is 1.08 bits per heavy atom. The molecule has 0 fully saturated rings. The number of carbonyl (C=O) groups excluding carboxylic acids is 1. The Bertz CT molecular complexity index is 871. The average Bonchev–Trinajstić information content (AvgIpc) is 2.63. The van der Waals surface area contributed by atoms with E-state index in [1.165, 1.54) is 18.6 Å². The first-order valence-corrected chi connectivity index (χ1v) is 8.11. The van der Waals surface area contributed by atoms with Crippen molar-refractivity contribution < 1.29 is 9.53 Å². The Morgan fingerprint density at radius 2 is 1.88 bits per heavy atom. The zero-order valence-electron chi connectivity index (χ0n) is 12.9. The predicted molar refractivity (Wildman–Crippen MR) is 97.2 cm³/mol. The van der Waals surface area contributed by atoms with Crippen LogP contribution in [0.2, 0.25) is 10.0 Å². The van der Waals surface area contributed by atoms with Gasteiger partial charge in [-0.05, 0) is 35.9 Å². The molecule has 3 rings (SSSR count). The Balaban J connectivity index is 1.64. The first-order valence-electron chi connectivity index (χ1n) is 7.36. The molecule has 0 radical (unpaired) electrons. The third kappa shape index (κ3) is 4.68. The number of carbonyl (C=O) groups is 1. The van der Waals surface area contributed by atoms with E-state index >= 15 is 0 Å². The number of halogens is 2. The molecule has 0 atom stereocenters. The number of amides is 1. The smallest absolute Gasteiger partial charge is 0.275 e. The summed E-state index contributed by atoms with van der Waals surface area (Å²) in [6.07, 6.45) is 4.34. The molecule has 7 heteroatoms. The number of anilines is 1. The lowest BCUT2D eigenvalue weighted by molar-refractivity contribution is 0.102. The summed E-state index contributed by atoms with van der Waals surface area (Å²) in [7, 11) is 0. The fourth-order valence-corrected chi connectivity index (χ4v) is 2.41. The van der Waals surface area contributed by atoms with E-state index in [4.69, 9.17) is 27.9 Å². The van der Waals surface area contributed by atoms with Crippen molar-refractivity contribution >= 4 is 34.8 Å². The van der Waals surface area contributed by atoms with E-state index in [0.29, 0.717) is 28.1 Å². The first kappa shape index (κ1) is 17.2. The third-order valence-corrected chi connectivity index (χ3v) is 3.84. The van der Waals surface area contributed by atoms with Gasteiger partial charge < -0.3 is 10.1 Å². The number of hydrogen-bond acceptors (Lipinski definition) is 4. The molecule has 0 saturated carbocycles. The van der Waals surface area contributed by atoms with Crippen LogP contribution in [0.15, 0.2) is 61.1 Å². The van der Waals surface area contributed by atoms with E-state index in [9.17, 15) is 4.79 Å². The van der Waals surface area contributed by atoms with Crippen LogP contribution in [0.5, 0.6) is 5.75 Å². The summed E-state index contributed by atoms with van der Waals surface area (Å²) < 4.78 is 5.70. The number of benzene rings is 2. The monoisotopic (exact) mass is 373 g/mol. The first-order chi connectivity index (χ1) is 12.1. The lowest BCUT2D eigenvalue weighted by atomic mass is 10.2. The van der Waals surface area contributed by atoms with Crippen molar-refractivity contribution in [2.75, 3.05) is 5.32 Å². The Hall–Kier alpha value is -2.63. The molecule has 0 saturated heterocycles. The molecule has 126 valence electrons. The van der Waals surface area contributed by atoms with Crippen LogP contribution in [0.25, 0.3) is 0 Å². The normalized spacial score (nSPS) is 10.3. The second-order valence-corrected chi connectivity index (χ2v) is 5.95. The van der Waals surface area contributed by atoms with Crippen LogP contribution >= 0.6 is 23.2 Å². The van der Waals surface area contributed by atoms with Gasteiger partial charge in [-0.2, -0.15) is 0 Å². The van der Waals surface area contributed by atoms with Crippen LogP contribution in [0.4, 0.5) is 5.69 Å². The SMILES string of the molecule is O=C(Nc1ccc(OCc2ccc(Cl)cc2)c(Cl)c1)c1cnccn1. The van der Waals surface area contributed by atoms with Gasteiger partial charge in [-0.25, -0.2) is 4.98 Å². The minimum atomic E-state index is -0.362. The highest BCUT2D eigenvalue weighted by atomic mass is 35.5. The van der Waals surface area contributed by atoms with Crippen molar-refractivity contribution in [3.8, 4) is 5.75 Å². The zero-order chi connectivity index (χ0) is 17.6. The number of aromatic nitrogens is 2. The summed E-state index contributed by atoms with van der Waals surface area (Å²) in [4.78, 5) is 19.9. The molecule has 0 aliphatic rings. The number of rotatable bonds is 5. The molecule has 0 bridgehead atoms. The minimum absolute atomic E-state index is 0.224. The molecule has 1 aromatic heterocycles. The van der Waals surface area contributed by atoms with Crippen LogP contribution in [0, 0.1) is 0 Å². The predicted octanol–water partition coefficient (Wildman–Crippen LogP) is 4.61. The maximum atomic E-state index is 12.0. The van der Waals surface area contributed by atoms with Gasteiger partial charge in [0, 0.05) is 23.1 Å². The highest BCUT2D eigenvalue weighted by Crippen LogP contribution is 2.28. The van der Waals surface area contributed by atoms with Gasteiger partial charge in [-0.1, -0.05) is 35.3 Å². The van der Waals surface area contributed by atoms with E-state index in [2.05, 4.69) is 15.3 Å². The van der Waals surface area contributed by atoms with Crippen LogP contribution < -0.4 is 10.1 Å². The van der Waals surface area contributed by atoms with Crippen LogP contribution in [0.1, 0.15) is 16.1 Å². The van der Waals surface area contributed by atoms with Crippen molar-refractivity contribution in [1.29, 1.82) is 0 Å². The lowest BCUT2D eigenvalue weighted by Gasteiger charge is -2.10. The molecule has 1 N–H and O–H groups in total. The van der Waals surface area contributed by atoms with Crippen LogP contribution in [0.3, 0.4) is 0 Å². The van der Waals surface area contributed by atoms with Gasteiger partial charge in [0.05, 0.1) is 11.2 Å². The van der Waals surface area contributed by atoms with Crippen molar-refractivity contribution in [1.82, 2.24) is 9.97 Å². The molecule has 25 heavy (non-hydrogen) atoms. The van der Waals surface area contributed by atoms with Crippen LogP contribution in [-0.2, 0) is 6.61 Å². The quantitative estimate of drug-likeness (QED) is 0.708. The Labute approximate surface area is 154 Å². The lowest BCUT2D eigenvalue weighted by Crippen LogP contribution is -2.13. The fourth-order valence-electron chi connectivity index (χ4n) is 2.05. The molecule has 0 unspecified atom stereocenters. The molecule has 0 aliphatic carbocycles. The topological polar surface area (TPSA) is 64.1 Å². The number of ether oxygens (including phenoxy) is 1. The minimum Gasteiger partial charge on any atom is -0.487 e. The summed E-state index contributed by atoms with van der Waals surface area (Å²) >= 11 is 12.1. The second-order valence-electron chi connectivity index (χ2n) is 5.11. The molecule has 3 aromatic rings. The van der Waals surface area contributed by atoms with E-state index in [1.54, 1.807) is 30.3 Å². The summed E-state index contributed by atoms with van der Waals surface area (Å²) in [5.74, 6) is 0.160. The second kappa shape index (κ2) is 7.96. The van der Waals surface area contributed by atoms with E-state index in [0.717, 1.165) is 5.56 Å². The number of nitrogens with zero attached hydrogens (tertiary/aromatic N) is 2. The molecule has 5 nitrogen and oxygen atoms in total. The average molecular weight is 374 g/mol. The van der Waals surface area contributed by atoms with Crippen molar-refractivity contribution in [3.63, 3.8) is 0 Å². The van der Waals surface area contributed by atoms with Gasteiger partial charge in [0.15, 0.2) is 0 Å². The molecular formula is C18H13Cl2N3O2. The molecule has 1 amide bonds. The molecule has 1 heterocycles. The van der Waals surface area contributed by atoms with E-state index < -0.39 is 0 Å². The standard InChI is InChI=1S/C18H13Cl2N3O2/c19-13-3-1-12(2-4-13)11-25-17-6-5-14(9-15(17)20)23-18(24)16-10-21-7-8-22-16/h1-10H,11H2,(H,23,24). The van der Waals surface area contributed by atoms with Gasteiger partial charge in [-0.15, -0.1) is 0 Å². The number of nitrogens with one attached hydrogen (secondary N) is 1. The summed E-state index contributed by atoms with van der Waals surface area (Å²) in [6, 6.07) is 12.4. The number of hydrogen-bond donors (Lipinski definition) is 1. The highest BCUT2D eigenvalue weighted by Gasteiger charge is 2.09. The van der Waals surface area contributed by atoms with Crippen molar-refractivity contribution in [2.45, 2.75) is 6.61 Å². The van der Waals surface area contributed by atoms with E-state index in [-0.39, 0.29) is 11.6 Å². The molecule has 2 aromatic carbocycles. The Kier molecular flexibility index (Phi) is 5.48. The van der Waals surface area contributed by atoms with Crippen molar-refractivity contribution in [3.05, 3.63) is 82.4 Å². The largest absolute Gasteiger partial charge is 0.487 e. The molecular weight excluding hydrogens is 361 g/mol. The third-order valence-electron chi connectivity index (χ3n) is 3.29. The van der Waals surface area contributed by atoms with Crippen molar-refractivity contribution in [2.24, 2.45) is 0 Å². The maximum absolute atomic E-state index is 12.0. The summed E-state index contributed by atoms with van der Waals surface area (Å²) in [5.41, 5.74) is 1.74. The van der Waals surface area contributed by atoms with Gasteiger partial charge >= 0.3 is 0 Å². The maximum Gasteiger partial charge on any atom is 0.275 e. The fraction of sp³-hybridized carbons (Fsp3) is 0.0556. The molecule has 0 spiro atoms. The summed E-state index contributed by atoms with van der Waals surface area (Å²) in [5, 5.41) is 3.78. The molecule has 0 aliphatic heterocycles. The zero-order valence-corrected chi connectivity index (χ0v) is 14.5. The Morgan fingerprint density at radius 3 is 2.56 bits per heavy atom. The van der Waals surface area contributed by atoms with Gasteiger partial charge in [0.1, 0.15) is 18.1 Å². The van der Waals surface area contributed by atoms with E-state index in [1.807, 2.05) is 12.1 Å². The summed E-state index contributed by atoms with van der Waals surface area (Å²) in [6.45, 7) is 0.363. The highest BCUT2D eigenvalue weighted by molar-refractivity contribution is 6.32. The van der Waals surface area contributed by atoms with Gasteiger partial charge in [-0.3, -0.25) is 9.78 Å². The van der Waals surface area contributed by atoms with Crippen LogP contribution in [-0.4, -0.2) is 15.9 Å². The van der Waals surface area contributed by atoms with Gasteiger partial charge in [0.25, 0.3) is 5.91 Å².